The van der Waals surface area contributed by atoms with Gasteiger partial charge in [0.05, 0.1) is 6.04 Å². The molecule has 0 saturated carbocycles. The third-order valence-corrected chi connectivity index (χ3v) is 3.06. The minimum Gasteiger partial charge on any atom is -0.477 e. The van der Waals surface area contributed by atoms with Crippen molar-refractivity contribution in [3.8, 4) is 0 Å². The van der Waals surface area contributed by atoms with Crippen LogP contribution < -0.4 is 0 Å². The van der Waals surface area contributed by atoms with Crippen molar-refractivity contribution in [3.05, 3.63) is 21.5 Å². The van der Waals surface area contributed by atoms with Gasteiger partial charge in [0.15, 0.2) is 0 Å². The van der Waals surface area contributed by atoms with Crippen LogP contribution in [0.2, 0.25) is 0 Å². The van der Waals surface area contributed by atoms with Gasteiger partial charge in [0.25, 0.3) is 0 Å². The van der Waals surface area contributed by atoms with E-state index in [1.165, 1.54) is 0 Å². The predicted molar refractivity (Wildman–Crippen MR) is 60.6 cm³/mol. The van der Waals surface area contributed by atoms with Crippen LogP contribution in [0.25, 0.3) is 0 Å². The molecule has 1 aliphatic rings. The molecular weight excluding hydrogens is 295 g/mol. The van der Waals surface area contributed by atoms with E-state index in [-0.39, 0.29) is 0 Å². The summed E-state index contributed by atoms with van der Waals surface area (Å²) in [6, 6.07) is 2.04. The molecule has 0 aromatic carbocycles. The Labute approximate surface area is 95.6 Å². The molecule has 1 aromatic rings. The average Bonchev–Trinajstić information content (AvgIpc) is 2.41. The van der Waals surface area contributed by atoms with E-state index in [2.05, 4.69) is 27.5 Å². The summed E-state index contributed by atoms with van der Waals surface area (Å²) in [7, 11) is 2.03. The molecule has 1 fully saturated rings. The highest BCUT2D eigenvalue weighted by Crippen LogP contribution is 2.23. The minimum absolute atomic E-state index is 0.328. The molecular formula is C9H11IN2O2. The third-order valence-electron chi connectivity index (χ3n) is 2.47. The Bertz CT molecular complexity index is 369. The van der Waals surface area contributed by atoms with Gasteiger partial charge < -0.3 is 14.6 Å². The van der Waals surface area contributed by atoms with Gasteiger partial charge in [0.2, 0.25) is 0 Å². The van der Waals surface area contributed by atoms with Crippen molar-refractivity contribution in [2.45, 2.75) is 6.04 Å². The van der Waals surface area contributed by atoms with Crippen LogP contribution in [0.1, 0.15) is 16.5 Å². The van der Waals surface area contributed by atoms with Gasteiger partial charge in [-0.2, -0.15) is 0 Å². The lowest BCUT2D eigenvalue weighted by atomic mass is 10.1. The highest BCUT2D eigenvalue weighted by molar-refractivity contribution is 14.1. The van der Waals surface area contributed by atoms with Gasteiger partial charge in [-0.1, -0.05) is 0 Å². The summed E-state index contributed by atoms with van der Waals surface area (Å²) in [5.41, 5.74) is 0.396. The van der Waals surface area contributed by atoms with Crippen molar-refractivity contribution >= 4 is 28.6 Å². The number of nitrogens with zero attached hydrogens (tertiary/aromatic N) is 2. The maximum absolute atomic E-state index is 10.9. The quantitative estimate of drug-likeness (QED) is 0.837. The molecule has 0 bridgehead atoms. The second-order valence-corrected chi connectivity index (χ2v) is 4.88. The highest BCUT2D eigenvalue weighted by Gasteiger charge is 2.27. The van der Waals surface area contributed by atoms with Crippen LogP contribution in [0.5, 0.6) is 0 Å². The summed E-state index contributed by atoms with van der Waals surface area (Å²) >= 11 is 2.14. The zero-order valence-electron chi connectivity index (χ0n) is 7.77. The minimum atomic E-state index is -0.845. The first kappa shape index (κ1) is 9.97. The van der Waals surface area contributed by atoms with E-state index in [0.717, 1.165) is 16.7 Å². The summed E-state index contributed by atoms with van der Waals surface area (Å²) in [4.78, 5) is 13.1. The van der Waals surface area contributed by atoms with E-state index >= 15 is 0 Å². The fourth-order valence-corrected chi connectivity index (χ4v) is 2.36. The zero-order valence-corrected chi connectivity index (χ0v) is 9.93. The van der Waals surface area contributed by atoms with Gasteiger partial charge in [0, 0.05) is 22.9 Å². The molecule has 0 amide bonds. The van der Waals surface area contributed by atoms with Gasteiger partial charge in [-0.3, -0.25) is 0 Å². The number of likely N-dealkylation sites (N-methyl/N-ethyl adjacent to an activating group) is 1. The number of carboxylic acids is 1. The molecule has 1 aromatic heterocycles. The number of carbonyl (C=O) groups is 1. The van der Waals surface area contributed by atoms with Crippen LogP contribution in [0, 0.1) is 3.57 Å². The second-order valence-electron chi connectivity index (χ2n) is 3.63. The van der Waals surface area contributed by atoms with E-state index < -0.39 is 5.97 Å². The molecule has 0 spiro atoms. The zero-order chi connectivity index (χ0) is 10.3. The number of likely N-dealkylation sites (tertiary alicyclic amines) is 1. The lowest BCUT2D eigenvalue weighted by Gasteiger charge is -2.37. The Kier molecular flexibility index (Phi) is 2.52. The lowest BCUT2D eigenvalue weighted by molar-refractivity contribution is 0.0666. The monoisotopic (exact) mass is 306 g/mol. The fourth-order valence-electron chi connectivity index (χ4n) is 1.76. The number of halogens is 1. The average molecular weight is 306 g/mol. The smallest absolute Gasteiger partial charge is 0.352 e. The van der Waals surface area contributed by atoms with Gasteiger partial charge in [-0.25, -0.2) is 4.79 Å². The lowest BCUT2D eigenvalue weighted by Crippen LogP contribution is -2.45. The van der Waals surface area contributed by atoms with Crippen molar-refractivity contribution in [1.29, 1.82) is 0 Å². The van der Waals surface area contributed by atoms with Gasteiger partial charge >= 0.3 is 5.97 Å². The first-order chi connectivity index (χ1) is 6.58. The van der Waals surface area contributed by atoms with Crippen molar-refractivity contribution < 1.29 is 9.90 Å². The van der Waals surface area contributed by atoms with Gasteiger partial charge in [0.1, 0.15) is 5.69 Å². The van der Waals surface area contributed by atoms with E-state index in [1.54, 1.807) is 6.07 Å². The summed E-state index contributed by atoms with van der Waals surface area (Å²) in [5, 5.41) is 8.98. The van der Waals surface area contributed by atoms with Crippen molar-refractivity contribution in [2.75, 3.05) is 20.1 Å². The van der Waals surface area contributed by atoms with Crippen LogP contribution in [0.3, 0.4) is 0 Å². The summed E-state index contributed by atoms with van der Waals surface area (Å²) in [6.45, 7) is 1.87. The Morgan fingerprint density at radius 3 is 2.79 bits per heavy atom. The van der Waals surface area contributed by atoms with Crippen LogP contribution in [-0.4, -0.2) is 40.7 Å². The number of carboxylic acid groups (broad SMARTS) is 1. The maximum atomic E-state index is 10.9. The van der Waals surface area contributed by atoms with Crippen LogP contribution >= 0.6 is 22.6 Å². The number of hydrogen-bond donors (Lipinski definition) is 1. The van der Waals surface area contributed by atoms with Gasteiger partial charge in [-0.05, 0) is 35.7 Å². The first-order valence-electron chi connectivity index (χ1n) is 4.37. The van der Waals surface area contributed by atoms with Gasteiger partial charge in [-0.15, -0.1) is 0 Å². The Morgan fingerprint density at radius 1 is 1.64 bits per heavy atom. The third kappa shape index (κ3) is 1.66. The van der Waals surface area contributed by atoms with E-state index in [9.17, 15) is 4.79 Å². The largest absolute Gasteiger partial charge is 0.477 e. The Morgan fingerprint density at radius 2 is 2.29 bits per heavy atom. The predicted octanol–water partition coefficient (Wildman–Crippen LogP) is 1.28. The standard InChI is InChI=1S/C9H11IN2O2/c1-11-4-7(5-11)12-3-6(10)2-8(12)9(13)14/h2-3,7H,4-5H2,1H3,(H,13,14). The van der Waals surface area contributed by atoms with Crippen molar-refractivity contribution in [1.82, 2.24) is 9.47 Å². The molecule has 4 nitrogen and oxygen atoms in total. The fraction of sp³-hybridized carbons (Fsp3) is 0.444. The molecule has 1 saturated heterocycles. The van der Waals surface area contributed by atoms with Crippen LogP contribution in [0.15, 0.2) is 12.3 Å². The normalized spacial score (nSPS) is 18.1. The molecule has 0 radical (unpaired) electrons. The molecule has 1 N–H and O–H groups in total. The number of hydrogen-bond acceptors (Lipinski definition) is 2. The molecule has 76 valence electrons. The van der Waals surface area contributed by atoms with E-state index in [4.69, 9.17) is 5.11 Å². The molecule has 14 heavy (non-hydrogen) atoms. The molecule has 0 aliphatic carbocycles. The van der Waals surface area contributed by atoms with Crippen molar-refractivity contribution in [3.63, 3.8) is 0 Å². The summed E-state index contributed by atoms with van der Waals surface area (Å²) < 4.78 is 2.85. The second kappa shape index (κ2) is 3.54. The van der Waals surface area contributed by atoms with Crippen LogP contribution in [0.4, 0.5) is 0 Å². The molecule has 0 atom stereocenters. The van der Waals surface area contributed by atoms with Crippen molar-refractivity contribution in [2.24, 2.45) is 0 Å². The molecule has 2 heterocycles. The summed E-state index contributed by atoms with van der Waals surface area (Å²) in [5.74, 6) is -0.845. The Hall–Kier alpha value is -0.560. The number of aromatic nitrogens is 1. The molecule has 5 heteroatoms. The van der Waals surface area contributed by atoms with Crippen LogP contribution in [-0.2, 0) is 0 Å². The van der Waals surface area contributed by atoms with E-state index in [1.807, 2.05) is 17.8 Å². The topological polar surface area (TPSA) is 45.5 Å². The maximum Gasteiger partial charge on any atom is 0.352 e. The number of aromatic carboxylic acids is 1. The summed E-state index contributed by atoms with van der Waals surface area (Å²) in [6.07, 6.45) is 1.90. The molecule has 2 rings (SSSR count). The van der Waals surface area contributed by atoms with E-state index in [0.29, 0.717) is 11.7 Å². The first-order valence-corrected chi connectivity index (χ1v) is 5.45. The Balaban J connectivity index is 2.28. The highest BCUT2D eigenvalue weighted by atomic mass is 127. The number of rotatable bonds is 2. The molecule has 1 aliphatic heterocycles. The SMILES string of the molecule is CN1CC(n2cc(I)cc2C(=O)O)C1. The molecule has 0 unspecified atom stereocenters.